The number of hydrogen-bond acceptors (Lipinski definition) is 5. The third-order valence-corrected chi connectivity index (χ3v) is 7.48. The molecule has 3 aromatic heterocycles. The molecule has 2 saturated carbocycles. The van der Waals surface area contributed by atoms with Gasteiger partial charge in [0, 0.05) is 40.2 Å². The van der Waals surface area contributed by atoms with E-state index < -0.39 is 11.1 Å². The van der Waals surface area contributed by atoms with Crippen molar-refractivity contribution >= 4 is 16.7 Å². The van der Waals surface area contributed by atoms with Crippen LogP contribution in [0.1, 0.15) is 49.8 Å². The van der Waals surface area contributed by atoms with Crippen LogP contribution in [0.5, 0.6) is 0 Å². The first-order valence-electron chi connectivity index (χ1n) is 12.3. The minimum Gasteiger partial charge on any atom is -0.390 e. The van der Waals surface area contributed by atoms with Crippen LogP contribution < -0.4 is 5.73 Å². The Morgan fingerprint density at radius 1 is 0.971 bits per heavy atom. The first-order chi connectivity index (χ1) is 16.9. The van der Waals surface area contributed by atoms with Gasteiger partial charge >= 0.3 is 0 Å². The van der Waals surface area contributed by atoms with E-state index >= 15 is 0 Å². The summed E-state index contributed by atoms with van der Waals surface area (Å²) in [6.07, 6.45) is 5.43. The lowest BCUT2D eigenvalue weighted by molar-refractivity contribution is -0.0738. The Labute approximate surface area is 203 Å². The zero-order valence-corrected chi connectivity index (χ0v) is 19.6. The maximum atomic E-state index is 10.2. The minimum atomic E-state index is -0.684. The lowest BCUT2D eigenvalue weighted by Gasteiger charge is -2.49. The summed E-state index contributed by atoms with van der Waals surface area (Å²) in [6, 6.07) is 22.9. The van der Waals surface area contributed by atoms with Gasteiger partial charge in [-0.15, -0.1) is 0 Å². The quantitative estimate of drug-likeness (QED) is 0.385. The molecule has 0 saturated heterocycles. The van der Waals surface area contributed by atoms with Crippen molar-refractivity contribution in [3.05, 3.63) is 84.2 Å². The molecule has 0 spiro atoms. The third-order valence-electron chi connectivity index (χ3n) is 7.48. The SMILES string of the molecule is CC1(O)CC(N)(c2ccc(-c3nc4c(cnc5cc(C6CC6)nn54)cc3-c3ccccc3)cc2)C1. The van der Waals surface area contributed by atoms with Crippen molar-refractivity contribution in [2.24, 2.45) is 5.73 Å². The summed E-state index contributed by atoms with van der Waals surface area (Å²) >= 11 is 0. The normalized spacial score (nSPS) is 24.1. The topological polar surface area (TPSA) is 89.3 Å². The fraction of sp³-hybridized carbons (Fsp3) is 0.276. The van der Waals surface area contributed by atoms with Crippen LogP contribution >= 0.6 is 0 Å². The van der Waals surface area contributed by atoms with E-state index in [1.54, 1.807) is 0 Å². The summed E-state index contributed by atoms with van der Waals surface area (Å²) in [5, 5.41) is 16.1. The molecule has 0 atom stereocenters. The Bertz CT molecular complexity index is 1580. The molecule has 0 amide bonds. The lowest BCUT2D eigenvalue weighted by Crippen LogP contribution is -2.58. The molecule has 3 N–H and O–H groups in total. The van der Waals surface area contributed by atoms with Crippen LogP contribution in [-0.2, 0) is 5.54 Å². The van der Waals surface area contributed by atoms with Gasteiger partial charge in [0.2, 0.25) is 0 Å². The number of pyridine rings is 1. The van der Waals surface area contributed by atoms with Gasteiger partial charge in [0.05, 0.1) is 17.0 Å². The molecule has 174 valence electrons. The standard InChI is InChI=1S/C29H27N5O/c1-28(35)16-29(30,17-28)22-11-9-20(10-12-22)26-23(18-5-3-2-4-6-18)13-21-15-31-25-14-24(19-7-8-19)33-34(25)27(21)32-26/h2-6,9-15,19,35H,7-8,16-17,30H2,1H3. The Morgan fingerprint density at radius 3 is 2.40 bits per heavy atom. The summed E-state index contributed by atoms with van der Waals surface area (Å²) in [4.78, 5) is 9.85. The molecule has 7 rings (SSSR count). The lowest BCUT2D eigenvalue weighted by atomic mass is 9.63. The molecule has 2 aliphatic carbocycles. The van der Waals surface area contributed by atoms with Crippen LogP contribution in [0.2, 0.25) is 0 Å². The monoisotopic (exact) mass is 461 g/mol. The molecule has 0 radical (unpaired) electrons. The molecule has 2 aliphatic rings. The zero-order chi connectivity index (χ0) is 23.8. The summed E-state index contributed by atoms with van der Waals surface area (Å²) in [5.41, 5.74) is 13.3. The summed E-state index contributed by atoms with van der Waals surface area (Å²) < 4.78 is 1.89. The average molecular weight is 462 g/mol. The second-order valence-corrected chi connectivity index (χ2v) is 10.6. The number of benzene rings is 2. The van der Waals surface area contributed by atoms with Crippen molar-refractivity contribution in [2.45, 2.75) is 49.7 Å². The number of hydrogen-bond donors (Lipinski definition) is 2. The summed E-state index contributed by atoms with van der Waals surface area (Å²) in [7, 11) is 0. The predicted octanol–water partition coefficient (Wildman–Crippen LogP) is 5.19. The highest BCUT2D eigenvalue weighted by molar-refractivity contribution is 5.90. The van der Waals surface area contributed by atoms with Crippen LogP contribution in [0.3, 0.4) is 0 Å². The van der Waals surface area contributed by atoms with Gasteiger partial charge < -0.3 is 10.8 Å². The van der Waals surface area contributed by atoms with Crippen LogP contribution in [0.15, 0.2) is 72.9 Å². The van der Waals surface area contributed by atoms with Gasteiger partial charge in [0.1, 0.15) is 0 Å². The van der Waals surface area contributed by atoms with Gasteiger partial charge in [-0.05, 0) is 49.8 Å². The Balaban J connectivity index is 1.39. The molecule has 35 heavy (non-hydrogen) atoms. The smallest absolute Gasteiger partial charge is 0.165 e. The molecular weight excluding hydrogens is 434 g/mol. The van der Waals surface area contributed by atoms with Crippen molar-refractivity contribution in [3.63, 3.8) is 0 Å². The molecule has 0 bridgehead atoms. The third kappa shape index (κ3) is 3.44. The number of rotatable bonds is 4. The van der Waals surface area contributed by atoms with Gasteiger partial charge in [-0.1, -0.05) is 54.6 Å². The van der Waals surface area contributed by atoms with Crippen LogP contribution in [-0.4, -0.2) is 30.3 Å². The fourth-order valence-corrected chi connectivity index (χ4v) is 5.66. The van der Waals surface area contributed by atoms with E-state index in [2.05, 4.69) is 53.5 Å². The van der Waals surface area contributed by atoms with E-state index in [4.69, 9.17) is 15.8 Å². The van der Waals surface area contributed by atoms with E-state index in [0.29, 0.717) is 18.8 Å². The molecule has 2 fully saturated rings. The van der Waals surface area contributed by atoms with Gasteiger partial charge in [0.25, 0.3) is 0 Å². The highest BCUT2D eigenvalue weighted by Crippen LogP contribution is 2.46. The van der Waals surface area contributed by atoms with Crippen molar-refractivity contribution < 1.29 is 5.11 Å². The minimum absolute atomic E-state index is 0.479. The summed E-state index contributed by atoms with van der Waals surface area (Å²) in [6.45, 7) is 1.84. The second kappa shape index (κ2) is 7.20. The van der Waals surface area contributed by atoms with Crippen molar-refractivity contribution in [1.82, 2.24) is 19.6 Å². The molecule has 6 heteroatoms. The van der Waals surface area contributed by atoms with E-state index in [1.165, 1.54) is 12.8 Å². The highest BCUT2D eigenvalue weighted by Gasteiger charge is 2.49. The van der Waals surface area contributed by atoms with Crippen molar-refractivity contribution in [1.29, 1.82) is 0 Å². The number of fused-ring (bicyclic) bond motifs is 3. The molecule has 6 nitrogen and oxygen atoms in total. The van der Waals surface area contributed by atoms with Crippen molar-refractivity contribution in [3.8, 4) is 22.4 Å². The average Bonchev–Trinajstić information content (AvgIpc) is 3.61. The van der Waals surface area contributed by atoms with Crippen LogP contribution in [0, 0.1) is 0 Å². The van der Waals surface area contributed by atoms with Crippen LogP contribution in [0.4, 0.5) is 0 Å². The predicted molar refractivity (Wildman–Crippen MR) is 137 cm³/mol. The number of aromatic nitrogens is 4. The van der Waals surface area contributed by atoms with Gasteiger partial charge in [-0.3, -0.25) is 0 Å². The Morgan fingerprint density at radius 2 is 1.71 bits per heavy atom. The van der Waals surface area contributed by atoms with Gasteiger partial charge in [-0.2, -0.15) is 9.61 Å². The largest absolute Gasteiger partial charge is 0.390 e. The molecule has 0 aliphatic heterocycles. The maximum absolute atomic E-state index is 10.2. The Kier molecular flexibility index (Phi) is 4.26. The second-order valence-electron chi connectivity index (χ2n) is 10.6. The first kappa shape index (κ1) is 20.7. The number of aliphatic hydroxyl groups is 1. The molecule has 3 heterocycles. The van der Waals surface area contributed by atoms with E-state index in [-0.39, 0.29) is 0 Å². The molecule has 0 unspecified atom stereocenters. The number of nitrogens with two attached hydrogens (primary N) is 1. The first-order valence-corrected chi connectivity index (χ1v) is 12.3. The zero-order valence-electron chi connectivity index (χ0n) is 19.6. The summed E-state index contributed by atoms with van der Waals surface area (Å²) in [5.74, 6) is 0.554. The van der Waals surface area contributed by atoms with Crippen LogP contribution in [0.25, 0.3) is 39.1 Å². The fourth-order valence-electron chi connectivity index (χ4n) is 5.66. The highest BCUT2D eigenvalue weighted by atomic mass is 16.3. The van der Waals surface area contributed by atoms with Gasteiger partial charge in [0.15, 0.2) is 11.3 Å². The van der Waals surface area contributed by atoms with E-state index in [0.717, 1.165) is 50.3 Å². The van der Waals surface area contributed by atoms with Crippen molar-refractivity contribution in [2.75, 3.05) is 0 Å². The molecule has 5 aromatic rings. The molecule has 2 aromatic carbocycles. The van der Waals surface area contributed by atoms with Gasteiger partial charge in [-0.25, -0.2) is 9.97 Å². The molecular formula is C29H27N5O. The van der Waals surface area contributed by atoms with E-state index in [9.17, 15) is 5.11 Å². The Hall–Kier alpha value is -3.61. The maximum Gasteiger partial charge on any atom is 0.165 e. The number of nitrogens with zero attached hydrogens (tertiary/aromatic N) is 4. The van der Waals surface area contributed by atoms with E-state index in [1.807, 2.05) is 35.8 Å².